The van der Waals surface area contributed by atoms with Gasteiger partial charge in [0.1, 0.15) is 17.9 Å². The van der Waals surface area contributed by atoms with Crippen molar-refractivity contribution < 1.29 is 19.3 Å². The van der Waals surface area contributed by atoms with Crippen molar-refractivity contribution in [1.82, 2.24) is 19.7 Å². The van der Waals surface area contributed by atoms with Crippen LogP contribution in [0.3, 0.4) is 0 Å². The fraction of sp³-hybridized carbons (Fsp3) is 0.0870. The van der Waals surface area contributed by atoms with Crippen LogP contribution in [0.2, 0.25) is 0 Å². The molecule has 0 unspecified atom stereocenters. The molecule has 0 radical (unpaired) electrons. The lowest BCUT2D eigenvalue weighted by atomic mass is 10.1. The average molecular weight is 456 g/mol. The van der Waals surface area contributed by atoms with E-state index in [1.165, 1.54) is 16.8 Å². The predicted octanol–water partition coefficient (Wildman–Crippen LogP) is 2.87. The van der Waals surface area contributed by atoms with E-state index in [0.29, 0.717) is 22.2 Å². The van der Waals surface area contributed by atoms with Gasteiger partial charge in [-0.1, -0.05) is 24.3 Å². The molecule has 2 aromatic carbocycles. The van der Waals surface area contributed by atoms with Crippen LogP contribution in [0.1, 0.15) is 26.4 Å². The molecular formula is C23H16N6O5. The van der Waals surface area contributed by atoms with E-state index in [1.54, 1.807) is 19.1 Å². The molecule has 1 aliphatic heterocycles. The van der Waals surface area contributed by atoms with Crippen molar-refractivity contribution in [3.63, 3.8) is 0 Å². The Kier molecular flexibility index (Phi) is 4.86. The van der Waals surface area contributed by atoms with E-state index in [0.717, 1.165) is 17.0 Å². The number of nitro benzene ring substituents is 1. The number of benzene rings is 2. The first kappa shape index (κ1) is 20.9. The number of aromatic nitrogens is 3. The molecule has 0 saturated heterocycles. The van der Waals surface area contributed by atoms with Crippen LogP contribution in [0.15, 0.2) is 60.7 Å². The van der Waals surface area contributed by atoms with Crippen LogP contribution in [0.25, 0.3) is 16.7 Å². The maximum absolute atomic E-state index is 12.8. The molecule has 5 rings (SSSR count). The van der Waals surface area contributed by atoms with Crippen LogP contribution in [-0.2, 0) is 4.79 Å². The number of hydrogen-bond donors (Lipinski definition) is 1. The molecule has 2 aromatic heterocycles. The third kappa shape index (κ3) is 3.45. The second-order valence-electron chi connectivity index (χ2n) is 7.65. The number of nitrogens with one attached hydrogen (secondary N) is 1. The van der Waals surface area contributed by atoms with Crippen molar-refractivity contribution in [2.45, 2.75) is 6.92 Å². The Morgan fingerprint density at radius 2 is 1.85 bits per heavy atom. The summed E-state index contributed by atoms with van der Waals surface area (Å²) in [4.78, 5) is 54.0. The number of aryl methyl sites for hydroxylation is 1. The largest absolute Gasteiger partial charge is 0.309 e. The number of carbonyl (C=O) groups excluding carboxylic acids is 3. The van der Waals surface area contributed by atoms with Crippen molar-refractivity contribution in [3.8, 4) is 5.82 Å². The molecular weight excluding hydrogens is 440 g/mol. The highest BCUT2D eigenvalue weighted by Gasteiger charge is 2.41. The molecule has 34 heavy (non-hydrogen) atoms. The minimum absolute atomic E-state index is 0.103. The monoisotopic (exact) mass is 456 g/mol. The van der Waals surface area contributed by atoms with E-state index < -0.39 is 34.9 Å². The summed E-state index contributed by atoms with van der Waals surface area (Å²) in [6.07, 6.45) is 0. The summed E-state index contributed by atoms with van der Waals surface area (Å²) in [7, 11) is 0. The highest BCUT2D eigenvalue weighted by atomic mass is 16.6. The molecule has 3 heterocycles. The molecule has 0 bridgehead atoms. The summed E-state index contributed by atoms with van der Waals surface area (Å²) in [6.45, 7) is 1.13. The number of amides is 3. The number of hydrogen-bond acceptors (Lipinski definition) is 7. The van der Waals surface area contributed by atoms with Crippen LogP contribution < -0.4 is 5.32 Å². The number of nitrogens with zero attached hydrogens (tertiary/aromatic N) is 5. The SMILES string of the molecule is Cc1cc(NC(=O)CN2C(=O)c3cccc([N+](=O)[O-])c3C2=O)n(-c2ccc3ccccc3n2)n1. The van der Waals surface area contributed by atoms with Gasteiger partial charge in [-0.05, 0) is 31.2 Å². The summed E-state index contributed by atoms with van der Waals surface area (Å²) in [5.74, 6) is -1.55. The second kappa shape index (κ2) is 7.89. The summed E-state index contributed by atoms with van der Waals surface area (Å²) < 4.78 is 1.45. The minimum atomic E-state index is -0.886. The summed E-state index contributed by atoms with van der Waals surface area (Å²) in [5, 5.41) is 19.2. The average Bonchev–Trinajstić information content (AvgIpc) is 3.30. The topological polar surface area (TPSA) is 140 Å². The lowest BCUT2D eigenvalue weighted by Gasteiger charge is -2.14. The zero-order valence-corrected chi connectivity index (χ0v) is 17.8. The number of pyridine rings is 1. The van der Waals surface area contributed by atoms with Crippen LogP contribution in [0, 0.1) is 17.0 Å². The highest BCUT2D eigenvalue weighted by molar-refractivity contribution is 6.24. The minimum Gasteiger partial charge on any atom is -0.309 e. The maximum atomic E-state index is 12.8. The number of carbonyl (C=O) groups is 3. The fourth-order valence-corrected chi connectivity index (χ4v) is 3.87. The van der Waals surface area contributed by atoms with Gasteiger partial charge in [-0.15, -0.1) is 0 Å². The second-order valence-corrected chi connectivity index (χ2v) is 7.65. The predicted molar refractivity (Wildman–Crippen MR) is 121 cm³/mol. The Labute approximate surface area is 191 Å². The molecule has 0 fully saturated rings. The Bertz CT molecular complexity index is 1530. The summed E-state index contributed by atoms with van der Waals surface area (Å²) >= 11 is 0. The first-order valence-electron chi connectivity index (χ1n) is 10.2. The third-order valence-corrected chi connectivity index (χ3v) is 5.38. The van der Waals surface area contributed by atoms with Crippen LogP contribution in [-0.4, -0.2) is 48.9 Å². The van der Waals surface area contributed by atoms with Gasteiger partial charge in [0.05, 0.1) is 21.7 Å². The lowest BCUT2D eigenvalue weighted by Crippen LogP contribution is -2.37. The van der Waals surface area contributed by atoms with Crippen molar-refractivity contribution in [2.24, 2.45) is 0 Å². The summed E-state index contributed by atoms with van der Waals surface area (Å²) in [5.41, 5.74) is 0.467. The Morgan fingerprint density at radius 1 is 1.06 bits per heavy atom. The maximum Gasteiger partial charge on any atom is 0.282 e. The quantitative estimate of drug-likeness (QED) is 0.277. The van der Waals surface area contributed by atoms with Crippen molar-refractivity contribution in [1.29, 1.82) is 0 Å². The van der Waals surface area contributed by atoms with Crippen LogP contribution >= 0.6 is 0 Å². The van der Waals surface area contributed by atoms with E-state index in [9.17, 15) is 24.5 Å². The molecule has 0 spiro atoms. The highest BCUT2D eigenvalue weighted by Crippen LogP contribution is 2.30. The zero-order chi connectivity index (χ0) is 24.0. The molecule has 3 amide bonds. The van der Waals surface area contributed by atoms with Gasteiger partial charge in [-0.25, -0.2) is 4.98 Å². The van der Waals surface area contributed by atoms with Crippen molar-refractivity contribution in [2.75, 3.05) is 11.9 Å². The molecule has 0 aliphatic carbocycles. The molecule has 0 atom stereocenters. The van der Waals surface area contributed by atoms with Crippen LogP contribution in [0.4, 0.5) is 11.5 Å². The number of nitro groups is 1. The molecule has 1 N–H and O–H groups in total. The van der Waals surface area contributed by atoms with E-state index in [1.807, 2.05) is 30.3 Å². The van der Waals surface area contributed by atoms with Gasteiger partial charge in [0, 0.05) is 17.5 Å². The molecule has 11 heteroatoms. The molecule has 1 aliphatic rings. The number of para-hydroxylation sites is 1. The molecule has 4 aromatic rings. The molecule has 11 nitrogen and oxygen atoms in total. The summed E-state index contributed by atoms with van der Waals surface area (Å²) in [6, 6.07) is 16.6. The zero-order valence-electron chi connectivity index (χ0n) is 17.8. The van der Waals surface area contributed by atoms with E-state index in [2.05, 4.69) is 15.4 Å². The number of anilines is 1. The van der Waals surface area contributed by atoms with Crippen molar-refractivity contribution >= 4 is 40.1 Å². The Balaban J connectivity index is 1.40. The van der Waals surface area contributed by atoms with Gasteiger partial charge in [0.2, 0.25) is 5.91 Å². The Morgan fingerprint density at radius 3 is 2.65 bits per heavy atom. The van der Waals surface area contributed by atoms with Gasteiger partial charge in [0.25, 0.3) is 17.5 Å². The lowest BCUT2D eigenvalue weighted by molar-refractivity contribution is -0.385. The van der Waals surface area contributed by atoms with Crippen LogP contribution in [0.5, 0.6) is 0 Å². The Hall–Kier alpha value is -4.93. The molecule has 168 valence electrons. The van der Waals surface area contributed by atoms with E-state index in [-0.39, 0.29) is 11.1 Å². The third-order valence-electron chi connectivity index (χ3n) is 5.38. The van der Waals surface area contributed by atoms with Crippen molar-refractivity contribution in [3.05, 3.63) is 87.6 Å². The first-order valence-corrected chi connectivity index (χ1v) is 10.2. The van der Waals surface area contributed by atoms with Gasteiger partial charge < -0.3 is 5.32 Å². The standard InChI is InChI=1S/C23H16N6O5/c1-13-11-19(28(26-13)18-10-9-14-5-2-3-7-16(14)24-18)25-20(30)12-27-22(31)15-6-4-8-17(29(33)34)21(15)23(27)32/h2-11H,12H2,1H3,(H,25,30). The van der Waals surface area contributed by atoms with Gasteiger partial charge in [-0.3, -0.25) is 29.4 Å². The van der Waals surface area contributed by atoms with Gasteiger partial charge in [0.15, 0.2) is 5.82 Å². The number of imide groups is 1. The fourth-order valence-electron chi connectivity index (χ4n) is 3.87. The molecule has 0 saturated carbocycles. The first-order chi connectivity index (χ1) is 16.3. The van der Waals surface area contributed by atoms with Gasteiger partial charge >= 0.3 is 0 Å². The number of fused-ring (bicyclic) bond motifs is 2. The van der Waals surface area contributed by atoms with E-state index in [4.69, 9.17) is 0 Å². The van der Waals surface area contributed by atoms with Gasteiger partial charge in [-0.2, -0.15) is 9.78 Å². The van der Waals surface area contributed by atoms with E-state index >= 15 is 0 Å². The number of rotatable bonds is 5. The normalized spacial score (nSPS) is 12.8. The smallest absolute Gasteiger partial charge is 0.282 e.